The van der Waals surface area contributed by atoms with Crippen LogP contribution in [0.25, 0.3) is 10.4 Å². The molecule has 1 aromatic carbocycles. The maximum Gasteiger partial charge on any atom is 0.199 e. The highest BCUT2D eigenvalue weighted by atomic mass is 32.2. The number of carbonyl (C=O) groups excluding carboxylic acids is 1. The van der Waals surface area contributed by atoms with E-state index in [-0.39, 0.29) is 22.2 Å². The van der Waals surface area contributed by atoms with E-state index < -0.39 is 9.84 Å². The van der Waals surface area contributed by atoms with Crippen LogP contribution in [0.15, 0.2) is 51.3 Å². The molecule has 0 radical (unpaired) electrons. The largest absolute Gasteiger partial charge is 0.360 e. The van der Waals surface area contributed by atoms with Crippen LogP contribution < -0.4 is 0 Å². The molecule has 0 amide bonds. The Balaban J connectivity index is 1.91. The van der Waals surface area contributed by atoms with E-state index >= 15 is 0 Å². The fourth-order valence-corrected chi connectivity index (χ4v) is 4.91. The highest BCUT2D eigenvalue weighted by molar-refractivity contribution is 7.91. The van der Waals surface area contributed by atoms with E-state index in [9.17, 15) is 13.2 Å². The summed E-state index contributed by atoms with van der Waals surface area (Å²) in [6.45, 7) is 0. The average Bonchev–Trinajstić information content (AvgIpc) is 3.10. The topological polar surface area (TPSA) is 77.2 Å². The molecular formula is C18H15NO4S2. The van der Waals surface area contributed by atoms with E-state index in [1.165, 1.54) is 17.5 Å². The first-order chi connectivity index (χ1) is 12.0. The Kier molecular flexibility index (Phi) is 3.85. The van der Waals surface area contributed by atoms with Gasteiger partial charge in [0.25, 0.3) is 0 Å². The zero-order chi connectivity index (χ0) is 17.6. The monoisotopic (exact) mass is 373 g/mol. The Hall–Kier alpha value is -2.25. The Labute approximate surface area is 149 Å². The van der Waals surface area contributed by atoms with Crippen molar-refractivity contribution in [1.29, 1.82) is 0 Å². The van der Waals surface area contributed by atoms with Crippen molar-refractivity contribution in [3.63, 3.8) is 0 Å². The molecule has 1 aliphatic rings. The van der Waals surface area contributed by atoms with Crippen molar-refractivity contribution in [2.75, 3.05) is 6.26 Å². The molecule has 0 saturated heterocycles. The van der Waals surface area contributed by atoms with Crippen LogP contribution in [0.3, 0.4) is 0 Å². The van der Waals surface area contributed by atoms with E-state index in [1.807, 2.05) is 17.5 Å². The van der Waals surface area contributed by atoms with Crippen molar-refractivity contribution >= 4 is 27.0 Å². The summed E-state index contributed by atoms with van der Waals surface area (Å²) in [6, 6.07) is 8.69. The molecule has 128 valence electrons. The number of ketones is 1. The van der Waals surface area contributed by atoms with Crippen LogP contribution in [0.5, 0.6) is 0 Å². The van der Waals surface area contributed by atoms with E-state index in [0.717, 1.165) is 24.0 Å². The third-order valence-corrected chi connectivity index (χ3v) is 6.29. The SMILES string of the molecule is CS(=O)(=O)c1c(C(=O)c2cnoc2C2CC2)cccc1-c1cccs1. The molecule has 2 heterocycles. The molecule has 7 heteroatoms. The van der Waals surface area contributed by atoms with Crippen molar-refractivity contribution < 1.29 is 17.7 Å². The molecule has 0 bridgehead atoms. The second-order valence-corrected chi connectivity index (χ2v) is 9.04. The summed E-state index contributed by atoms with van der Waals surface area (Å²) in [4.78, 5) is 14.0. The van der Waals surface area contributed by atoms with Crippen LogP contribution in [0.4, 0.5) is 0 Å². The van der Waals surface area contributed by atoms with Gasteiger partial charge in [-0.1, -0.05) is 23.4 Å². The summed E-state index contributed by atoms with van der Waals surface area (Å²) in [5, 5.41) is 5.63. The average molecular weight is 373 g/mol. The van der Waals surface area contributed by atoms with Gasteiger partial charge in [0.15, 0.2) is 21.4 Å². The second-order valence-electron chi connectivity index (χ2n) is 6.14. The molecule has 0 aliphatic heterocycles. The number of sulfone groups is 1. The Morgan fingerprint density at radius 2 is 2.00 bits per heavy atom. The van der Waals surface area contributed by atoms with Crippen molar-refractivity contribution in [2.45, 2.75) is 23.7 Å². The predicted molar refractivity (Wildman–Crippen MR) is 94.8 cm³/mol. The van der Waals surface area contributed by atoms with E-state index in [2.05, 4.69) is 5.16 Å². The van der Waals surface area contributed by atoms with Crippen LogP contribution in [-0.4, -0.2) is 25.6 Å². The quantitative estimate of drug-likeness (QED) is 0.634. The second kappa shape index (κ2) is 5.93. The van der Waals surface area contributed by atoms with Crippen LogP contribution in [-0.2, 0) is 9.84 Å². The normalized spacial score (nSPS) is 14.6. The smallest absolute Gasteiger partial charge is 0.199 e. The molecule has 5 nitrogen and oxygen atoms in total. The molecule has 25 heavy (non-hydrogen) atoms. The highest BCUT2D eigenvalue weighted by Gasteiger charge is 2.34. The maximum absolute atomic E-state index is 13.1. The number of nitrogens with zero attached hydrogens (tertiary/aromatic N) is 1. The van der Waals surface area contributed by atoms with Gasteiger partial charge in [0.1, 0.15) is 0 Å². The van der Waals surface area contributed by atoms with Gasteiger partial charge >= 0.3 is 0 Å². The minimum atomic E-state index is -3.61. The fourth-order valence-electron chi connectivity index (χ4n) is 2.95. The van der Waals surface area contributed by atoms with Crippen LogP contribution in [0.1, 0.15) is 40.4 Å². The molecule has 1 fully saturated rings. The van der Waals surface area contributed by atoms with E-state index in [1.54, 1.807) is 18.2 Å². The lowest BCUT2D eigenvalue weighted by Crippen LogP contribution is -2.11. The van der Waals surface area contributed by atoms with Crippen LogP contribution in [0.2, 0.25) is 0 Å². The molecule has 0 atom stereocenters. The summed E-state index contributed by atoms with van der Waals surface area (Å²) in [7, 11) is -3.61. The lowest BCUT2D eigenvalue weighted by molar-refractivity contribution is 0.103. The van der Waals surface area contributed by atoms with Gasteiger partial charge in [-0.15, -0.1) is 11.3 Å². The number of aromatic nitrogens is 1. The molecular weight excluding hydrogens is 358 g/mol. The molecule has 4 rings (SSSR count). The minimum Gasteiger partial charge on any atom is -0.360 e. The number of hydrogen-bond donors (Lipinski definition) is 0. The molecule has 3 aromatic rings. The van der Waals surface area contributed by atoms with Gasteiger partial charge in [0.05, 0.1) is 16.7 Å². The summed E-state index contributed by atoms with van der Waals surface area (Å²) in [6.07, 6.45) is 4.44. The first kappa shape index (κ1) is 16.2. The molecule has 2 aromatic heterocycles. The molecule has 0 N–H and O–H groups in total. The number of rotatable bonds is 5. The van der Waals surface area contributed by atoms with Gasteiger partial charge in [-0.2, -0.15) is 0 Å². The number of hydrogen-bond acceptors (Lipinski definition) is 6. The minimum absolute atomic E-state index is 0.0606. The van der Waals surface area contributed by atoms with Gasteiger partial charge in [-0.05, 0) is 30.4 Å². The van der Waals surface area contributed by atoms with Crippen molar-refractivity contribution in [2.24, 2.45) is 0 Å². The molecule has 0 unspecified atom stereocenters. The lowest BCUT2D eigenvalue weighted by Gasteiger charge is -2.11. The van der Waals surface area contributed by atoms with E-state index in [4.69, 9.17) is 4.52 Å². The third-order valence-electron chi connectivity index (χ3n) is 4.21. The highest BCUT2D eigenvalue weighted by Crippen LogP contribution is 2.42. The first-order valence-corrected chi connectivity index (χ1v) is 10.6. The summed E-state index contributed by atoms with van der Waals surface area (Å²) in [5.74, 6) is 0.413. The Morgan fingerprint density at radius 3 is 2.64 bits per heavy atom. The van der Waals surface area contributed by atoms with Gasteiger partial charge in [0.2, 0.25) is 0 Å². The van der Waals surface area contributed by atoms with Gasteiger partial charge < -0.3 is 4.52 Å². The maximum atomic E-state index is 13.1. The predicted octanol–water partition coefficient (Wildman–Crippen LogP) is 3.92. The van der Waals surface area contributed by atoms with Crippen molar-refractivity contribution in [1.82, 2.24) is 5.16 Å². The zero-order valence-corrected chi connectivity index (χ0v) is 15.1. The van der Waals surface area contributed by atoms with Crippen molar-refractivity contribution in [3.8, 4) is 10.4 Å². The van der Waals surface area contributed by atoms with Gasteiger partial charge in [-0.25, -0.2) is 8.42 Å². The van der Waals surface area contributed by atoms with Crippen LogP contribution >= 0.6 is 11.3 Å². The van der Waals surface area contributed by atoms with E-state index in [0.29, 0.717) is 16.9 Å². The zero-order valence-electron chi connectivity index (χ0n) is 13.4. The van der Waals surface area contributed by atoms with Gasteiger partial charge in [0, 0.05) is 28.2 Å². The first-order valence-electron chi connectivity index (χ1n) is 7.83. The Morgan fingerprint density at radius 1 is 1.20 bits per heavy atom. The summed E-state index contributed by atoms with van der Waals surface area (Å²) >= 11 is 1.44. The lowest BCUT2D eigenvalue weighted by atomic mass is 10.00. The molecule has 1 saturated carbocycles. The molecule has 0 spiro atoms. The standard InChI is InChI=1S/C18H15NO4S2/c1-25(21,22)18-12(15-6-3-9-24-15)4-2-5-13(18)16(20)14-10-19-23-17(14)11-7-8-11/h2-6,9-11H,7-8H2,1H3. The van der Waals surface area contributed by atoms with Crippen molar-refractivity contribution in [3.05, 3.63) is 58.8 Å². The fraction of sp³-hybridized carbons (Fsp3) is 0.222. The number of thiophene rings is 1. The number of carbonyl (C=O) groups is 1. The summed E-state index contributed by atoms with van der Waals surface area (Å²) in [5.41, 5.74) is 1.07. The number of benzene rings is 1. The Bertz CT molecular complexity index is 1040. The van der Waals surface area contributed by atoms with Crippen LogP contribution in [0, 0.1) is 0 Å². The third kappa shape index (κ3) is 2.94. The van der Waals surface area contributed by atoms with Gasteiger partial charge in [-0.3, -0.25) is 4.79 Å². The molecule has 1 aliphatic carbocycles. The summed E-state index contributed by atoms with van der Waals surface area (Å²) < 4.78 is 30.2.